The Hall–Kier alpha value is -2.38. The number of hydrogen-bond donors (Lipinski definition) is 0. The minimum atomic E-state index is -2.10. The first kappa shape index (κ1) is 38.1. The third-order valence-corrected chi connectivity index (χ3v) is 13.3. The monoisotopic (exact) mass is 687 g/mol. The van der Waals surface area contributed by atoms with Gasteiger partial charge in [-0.1, -0.05) is 0 Å². The Morgan fingerprint density at radius 3 is 0.739 bits per heavy atom. The summed E-state index contributed by atoms with van der Waals surface area (Å²) in [6.45, 7) is 34.8. The van der Waals surface area contributed by atoms with Gasteiger partial charge in [0.2, 0.25) is 0 Å². The molecule has 0 fully saturated rings. The average molecular weight is 688 g/mol. The molecule has 0 atom stereocenters. The van der Waals surface area contributed by atoms with Crippen molar-refractivity contribution >= 4 is 44.8 Å². The van der Waals surface area contributed by atoms with Crippen LogP contribution < -0.4 is 27.8 Å². The third-order valence-electron chi connectivity index (χ3n) is 7.90. The number of anilines is 3. The molecule has 0 heterocycles. The topological polar surface area (TPSA) is 9.72 Å². The van der Waals surface area contributed by atoms with Gasteiger partial charge >= 0.3 is 290 Å². The predicted octanol–water partition coefficient (Wildman–Crippen LogP) is 8.56. The van der Waals surface area contributed by atoms with Crippen LogP contribution in [0, 0.1) is 35.5 Å². The fourth-order valence-electron chi connectivity index (χ4n) is 6.61. The molecule has 0 unspecified atom stereocenters. The summed E-state index contributed by atoms with van der Waals surface area (Å²) in [7, 11) is 0. The molecule has 0 bridgehead atoms. The molecule has 4 heteroatoms. The Labute approximate surface area is 289 Å². The fraction of sp³-hybridized carbons (Fsp3) is 0.571. The standard InChI is InChI=1S/C42H66AsN3/c1-31(2)25-44(26-32(3)4)40-22-16-13-19-37(40)43(38-20-14-17-23-41(38)45(27-33(5)6)28-34(7)8)39-21-15-18-24-42(39)46(29-35(9)10)30-36(11)12/h13-24,31-36H,25-30H2,1-12H3. The van der Waals surface area contributed by atoms with Crippen LogP contribution in [0.4, 0.5) is 17.1 Å². The first-order valence-electron chi connectivity index (χ1n) is 18.1. The molecule has 3 nitrogen and oxygen atoms in total. The van der Waals surface area contributed by atoms with Gasteiger partial charge < -0.3 is 0 Å². The molecule has 0 aromatic heterocycles. The second-order valence-corrected chi connectivity index (χ2v) is 20.3. The van der Waals surface area contributed by atoms with Crippen LogP contribution in [0.2, 0.25) is 0 Å². The van der Waals surface area contributed by atoms with Gasteiger partial charge in [0, 0.05) is 0 Å². The van der Waals surface area contributed by atoms with Crippen molar-refractivity contribution in [1.82, 2.24) is 0 Å². The molecular weight excluding hydrogens is 621 g/mol. The van der Waals surface area contributed by atoms with Crippen LogP contribution >= 0.6 is 0 Å². The van der Waals surface area contributed by atoms with Crippen molar-refractivity contribution in [2.45, 2.75) is 83.1 Å². The van der Waals surface area contributed by atoms with E-state index in [0.29, 0.717) is 35.5 Å². The molecule has 0 saturated carbocycles. The quantitative estimate of drug-likeness (QED) is 0.124. The predicted molar refractivity (Wildman–Crippen MR) is 210 cm³/mol. The molecule has 0 amide bonds. The first-order valence-corrected chi connectivity index (χ1v) is 20.9. The Kier molecular flexibility index (Phi) is 15.1. The summed E-state index contributed by atoms with van der Waals surface area (Å²) in [6, 6.07) is 28.4. The zero-order chi connectivity index (χ0) is 34.0. The van der Waals surface area contributed by atoms with E-state index >= 15 is 0 Å². The van der Waals surface area contributed by atoms with Crippen molar-refractivity contribution in [2.75, 3.05) is 54.0 Å². The van der Waals surface area contributed by atoms with Gasteiger partial charge in [-0.2, -0.15) is 0 Å². The average Bonchev–Trinajstić information content (AvgIpc) is 2.96. The van der Waals surface area contributed by atoms with Crippen molar-refractivity contribution in [3.63, 3.8) is 0 Å². The van der Waals surface area contributed by atoms with Crippen LogP contribution in [-0.2, 0) is 0 Å². The molecule has 3 rings (SSSR count). The van der Waals surface area contributed by atoms with Gasteiger partial charge in [-0.3, -0.25) is 0 Å². The number of benzene rings is 3. The SMILES string of the molecule is CC(C)CN(CC(C)C)c1ccccc1[As](c1ccccc1N(CC(C)C)CC(C)C)c1ccccc1N(CC(C)C)CC(C)C. The molecular formula is C42H66AsN3. The van der Waals surface area contributed by atoms with Gasteiger partial charge in [-0.05, 0) is 0 Å². The van der Waals surface area contributed by atoms with E-state index in [2.05, 4.69) is 171 Å². The van der Waals surface area contributed by atoms with Crippen molar-refractivity contribution in [2.24, 2.45) is 35.5 Å². The molecule has 0 aliphatic carbocycles. The Bertz CT molecular complexity index is 1120. The van der Waals surface area contributed by atoms with E-state index in [4.69, 9.17) is 0 Å². The van der Waals surface area contributed by atoms with E-state index in [0.717, 1.165) is 39.3 Å². The van der Waals surface area contributed by atoms with Crippen molar-refractivity contribution in [1.29, 1.82) is 0 Å². The van der Waals surface area contributed by atoms with E-state index in [1.807, 2.05) is 0 Å². The van der Waals surface area contributed by atoms with E-state index in [1.165, 1.54) is 17.1 Å². The summed E-state index contributed by atoms with van der Waals surface area (Å²) in [4.78, 5) is 8.12. The summed E-state index contributed by atoms with van der Waals surface area (Å²) >= 11 is -2.10. The number of rotatable bonds is 18. The molecule has 46 heavy (non-hydrogen) atoms. The summed E-state index contributed by atoms with van der Waals surface area (Å²) in [5.41, 5.74) is 4.31. The van der Waals surface area contributed by atoms with E-state index in [-0.39, 0.29) is 0 Å². The molecule has 0 aliphatic rings. The molecule has 0 radical (unpaired) electrons. The van der Waals surface area contributed by atoms with Gasteiger partial charge in [-0.25, -0.2) is 0 Å². The summed E-state index contributed by atoms with van der Waals surface area (Å²) in [6.07, 6.45) is 0. The molecule has 0 N–H and O–H groups in total. The van der Waals surface area contributed by atoms with E-state index in [1.54, 1.807) is 13.1 Å². The molecule has 0 aliphatic heterocycles. The van der Waals surface area contributed by atoms with Crippen molar-refractivity contribution in [3.8, 4) is 0 Å². The van der Waals surface area contributed by atoms with Crippen molar-refractivity contribution < 1.29 is 0 Å². The number of hydrogen-bond acceptors (Lipinski definition) is 3. The number of nitrogens with zero attached hydrogens (tertiary/aromatic N) is 3. The van der Waals surface area contributed by atoms with Crippen LogP contribution in [0.5, 0.6) is 0 Å². The Morgan fingerprint density at radius 2 is 0.543 bits per heavy atom. The fourth-order valence-corrected chi connectivity index (χ4v) is 12.5. The summed E-state index contributed by atoms with van der Waals surface area (Å²) < 4.78 is 4.66. The second kappa shape index (κ2) is 18.2. The molecule has 3 aromatic rings. The molecule has 3 aromatic carbocycles. The number of para-hydroxylation sites is 3. The zero-order valence-electron chi connectivity index (χ0n) is 31.4. The molecule has 254 valence electrons. The Morgan fingerprint density at radius 1 is 0.348 bits per heavy atom. The van der Waals surface area contributed by atoms with Crippen LogP contribution in [0.1, 0.15) is 83.1 Å². The van der Waals surface area contributed by atoms with Crippen LogP contribution in [0.25, 0.3) is 0 Å². The van der Waals surface area contributed by atoms with Gasteiger partial charge in [0.25, 0.3) is 0 Å². The maximum atomic E-state index is 2.71. The molecule has 0 saturated heterocycles. The van der Waals surface area contributed by atoms with Crippen LogP contribution in [0.15, 0.2) is 72.8 Å². The second-order valence-electron chi connectivity index (χ2n) is 15.9. The van der Waals surface area contributed by atoms with E-state index < -0.39 is 14.7 Å². The Balaban J connectivity index is 2.43. The molecule has 0 spiro atoms. The minimum absolute atomic E-state index is 0.590. The van der Waals surface area contributed by atoms with Crippen LogP contribution in [-0.4, -0.2) is 53.9 Å². The van der Waals surface area contributed by atoms with Gasteiger partial charge in [0.15, 0.2) is 0 Å². The summed E-state index contributed by atoms with van der Waals surface area (Å²) in [5, 5.41) is 0. The van der Waals surface area contributed by atoms with E-state index in [9.17, 15) is 0 Å². The van der Waals surface area contributed by atoms with Gasteiger partial charge in [0.1, 0.15) is 0 Å². The maximum absolute atomic E-state index is 2.71. The normalized spacial score (nSPS) is 12.1. The first-order chi connectivity index (χ1) is 21.8. The zero-order valence-corrected chi connectivity index (χ0v) is 33.3. The van der Waals surface area contributed by atoms with Crippen molar-refractivity contribution in [3.05, 3.63) is 72.8 Å². The van der Waals surface area contributed by atoms with Gasteiger partial charge in [-0.15, -0.1) is 0 Å². The van der Waals surface area contributed by atoms with Crippen LogP contribution in [0.3, 0.4) is 0 Å². The summed E-state index contributed by atoms with van der Waals surface area (Å²) in [5.74, 6) is 3.54. The third kappa shape index (κ3) is 11.1. The van der Waals surface area contributed by atoms with Gasteiger partial charge in [0.05, 0.1) is 0 Å².